The normalized spacial score (nSPS) is 23.9. The molecule has 0 aliphatic carbocycles. The molecule has 1 aliphatic rings. The van der Waals surface area contributed by atoms with Crippen LogP contribution in [0.3, 0.4) is 0 Å². The zero-order valence-corrected chi connectivity index (χ0v) is 17.9. The van der Waals surface area contributed by atoms with Crippen molar-refractivity contribution >= 4 is 13.3 Å². The molecular weight excluding hydrogens is 369 g/mol. The number of rotatable bonds is 7. The molecule has 1 aromatic heterocycles. The van der Waals surface area contributed by atoms with E-state index in [1.807, 2.05) is 13.8 Å². The van der Waals surface area contributed by atoms with E-state index in [4.69, 9.17) is 15.0 Å². The second-order valence-corrected chi connectivity index (χ2v) is 10.8. The van der Waals surface area contributed by atoms with E-state index in [2.05, 4.69) is 23.7 Å². The molecule has 0 bridgehead atoms. The van der Waals surface area contributed by atoms with Crippen molar-refractivity contribution in [3.8, 4) is 0 Å². The van der Waals surface area contributed by atoms with Crippen molar-refractivity contribution in [3.63, 3.8) is 0 Å². The number of aromatic nitrogens is 2. The summed E-state index contributed by atoms with van der Waals surface area (Å²) in [5.41, 5.74) is 5.00. The molecule has 3 atom stereocenters. The van der Waals surface area contributed by atoms with Crippen molar-refractivity contribution < 1.29 is 13.8 Å². The van der Waals surface area contributed by atoms with Crippen molar-refractivity contribution in [2.45, 2.75) is 51.7 Å². The van der Waals surface area contributed by atoms with Crippen molar-refractivity contribution in [2.75, 3.05) is 39.5 Å². The van der Waals surface area contributed by atoms with Crippen LogP contribution in [0.2, 0.25) is 0 Å². The maximum Gasteiger partial charge on any atom is 0.351 e. The SMILES string of the molecule is CC(C)N1C[C@@H](COP(=O)(C(C)C)N(C)C)O[C@@H](n2ccc(N)nc2=O)C1. The Balaban J connectivity index is 2.19. The lowest BCUT2D eigenvalue weighted by molar-refractivity contribution is -0.139. The Morgan fingerprint density at radius 2 is 2.04 bits per heavy atom. The molecule has 0 saturated carbocycles. The first-order valence-corrected chi connectivity index (χ1v) is 10.9. The van der Waals surface area contributed by atoms with Gasteiger partial charge in [0.05, 0.1) is 12.7 Å². The first-order chi connectivity index (χ1) is 12.5. The second-order valence-electron chi connectivity index (χ2n) is 7.60. The molecule has 1 unspecified atom stereocenters. The summed E-state index contributed by atoms with van der Waals surface area (Å²) >= 11 is 0. The molecule has 0 aromatic carbocycles. The molecule has 0 amide bonds. The third kappa shape index (κ3) is 5.18. The number of nitrogens with zero attached hydrogens (tertiary/aromatic N) is 4. The van der Waals surface area contributed by atoms with Gasteiger partial charge in [-0.3, -0.25) is 14.0 Å². The molecule has 9 nitrogen and oxygen atoms in total. The number of morpholine rings is 1. The van der Waals surface area contributed by atoms with Crippen molar-refractivity contribution in [1.82, 2.24) is 19.1 Å². The molecule has 154 valence electrons. The molecular formula is C17H32N5O4P. The molecule has 27 heavy (non-hydrogen) atoms. The number of anilines is 1. The van der Waals surface area contributed by atoms with Gasteiger partial charge in [0.2, 0.25) is 0 Å². The summed E-state index contributed by atoms with van der Waals surface area (Å²) in [7, 11) is 0.567. The summed E-state index contributed by atoms with van der Waals surface area (Å²) in [6, 6.07) is 1.84. The highest BCUT2D eigenvalue weighted by Crippen LogP contribution is 2.53. The molecule has 10 heteroatoms. The summed E-state index contributed by atoms with van der Waals surface area (Å²) < 4.78 is 28.1. The molecule has 2 heterocycles. The Labute approximate surface area is 160 Å². The van der Waals surface area contributed by atoms with E-state index in [0.29, 0.717) is 13.1 Å². The number of hydrogen-bond acceptors (Lipinski definition) is 7. The van der Waals surface area contributed by atoms with Gasteiger partial charge in [-0.15, -0.1) is 0 Å². The van der Waals surface area contributed by atoms with E-state index in [0.717, 1.165) is 0 Å². The quantitative estimate of drug-likeness (QED) is 0.688. The van der Waals surface area contributed by atoms with Gasteiger partial charge < -0.3 is 15.0 Å². The van der Waals surface area contributed by atoms with E-state index >= 15 is 0 Å². The minimum atomic E-state index is -2.94. The number of nitrogens with two attached hydrogens (primary N) is 1. The Hall–Kier alpha value is -1.25. The van der Waals surface area contributed by atoms with Gasteiger partial charge >= 0.3 is 5.69 Å². The summed E-state index contributed by atoms with van der Waals surface area (Å²) in [6.07, 6.45) is 0.770. The van der Waals surface area contributed by atoms with Gasteiger partial charge in [0.1, 0.15) is 5.82 Å². The highest BCUT2D eigenvalue weighted by molar-refractivity contribution is 7.57. The van der Waals surface area contributed by atoms with Crippen LogP contribution < -0.4 is 11.4 Å². The fraction of sp³-hybridized carbons (Fsp3) is 0.765. The van der Waals surface area contributed by atoms with Crippen LogP contribution in [-0.2, 0) is 13.8 Å². The van der Waals surface area contributed by atoms with E-state index in [1.54, 1.807) is 31.0 Å². The Morgan fingerprint density at radius 1 is 1.37 bits per heavy atom. The Bertz CT molecular complexity index is 724. The maximum atomic E-state index is 13.1. The molecule has 0 radical (unpaired) electrons. The molecule has 1 fully saturated rings. The Morgan fingerprint density at radius 3 is 2.56 bits per heavy atom. The van der Waals surface area contributed by atoms with Gasteiger partial charge in [0, 0.05) is 31.0 Å². The standard InChI is InChI=1S/C17H32N5O4P/c1-12(2)21-9-14(11-25-27(24,13(3)4)20(5)6)26-16(10-21)22-8-7-15(18)19-17(22)23/h7-8,12-14,16H,9-11H2,1-6H3,(H2,18,19,23)/t14-,16+,27?/m0/s1. The topological polar surface area (TPSA) is 103 Å². The van der Waals surface area contributed by atoms with Gasteiger partial charge in [-0.1, -0.05) is 13.8 Å². The lowest BCUT2D eigenvalue weighted by Gasteiger charge is -2.41. The van der Waals surface area contributed by atoms with Gasteiger partial charge in [-0.25, -0.2) is 9.46 Å². The number of nitrogen functional groups attached to an aromatic ring is 1. The average Bonchev–Trinajstić information content (AvgIpc) is 2.58. The predicted molar refractivity (Wildman–Crippen MR) is 106 cm³/mol. The zero-order valence-electron chi connectivity index (χ0n) is 17.0. The minimum absolute atomic E-state index is 0.128. The average molecular weight is 401 g/mol. The largest absolute Gasteiger partial charge is 0.383 e. The van der Waals surface area contributed by atoms with E-state index in [-0.39, 0.29) is 30.2 Å². The lowest BCUT2D eigenvalue weighted by atomic mass is 10.2. The van der Waals surface area contributed by atoms with Gasteiger partial charge in [0.25, 0.3) is 7.52 Å². The van der Waals surface area contributed by atoms with Crippen molar-refractivity contribution in [2.24, 2.45) is 0 Å². The number of hydrogen-bond donors (Lipinski definition) is 1. The smallest absolute Gasteiger partial charge is 0.351 e. The van der Waals surface area contributed by atoms with Crippen LogP contribution in [0.4, 0.5) is 5.82 Å². The van der Waals surface area contributed by atoms with Crippen LogP contribution in [0.25, 0.3) is 0 Å². The van der Waals surface area contributed by atoms with E-state index < -0.39 is 19.4 Å². The summed E-state index contributed by atoms with van der Waals surface area (Å²) in [5.74, 6) is 0.177. The Kier molecular flexibility index (Phi) is 7.21. The lowest BCUT2D eigenvalue weighted by Crippen LogP contribution is -2.51. The minimum Gasteiger partial charge on any atom is -0.383 e. The third-order valence-corrected chi connectivity index (χ3v) is 7.67. The second kappa shape index (κ2) is 8.84. The monoisotopic (exact) mass is 401 g/mol. The first-order valence-electron chi connectivity index (χ1n) is 9.20. The van der Waals surface area contributed by atoms with Crippen LogP contribution in [0.1, 0.15) is 33.9 Å². The van der Waals surface area contributed by atoms with Gasteiger partial charge in [-0.05, 0) is 34.0 Å². The van der Waals surface area contributed by atoms with Gasteiger partial charge in [0.15, 0.2) is 6.23 Å². The molecule has 2 N–H and O–H groups in total. The van der Waals surface area contributed by atoms with Crippen LogP contribution in [0.15, 0.2) is 17.1 Å². The first kappa shape index (κ1) is 22.0. The number of ether oxygens (including phenoxy) is 1. The fourth-order valence-corrected chi connectivity index (χ4v) is 4.91. The highest BCUT2D eigenvalue weighted by Gasteiger charge is 2.35. The highest BCUT2D eigenvalue weighted by atomic mass is 31.2. The van der Waals surface area contributed by atoms with Crippen molar-refractivity contribution in [3.05, 3.63) is 22.7 Å². The third-order valence-electron chi connectivity index (χ3n) is 4.73. The molecule has 1 aromatic rings. The summed E-state index contributed by atoms with van der Waals surface area (Å²) in [5, 5.41) is 0. The van der Waals surface area contributed by atoms with E-state index in [1.165, 1.54) is 4.57 Å². The van der Waals surface area contributed by atoms with Crippen LogP contribution in [0, 0.1) is 0 Å². The van der Waals surface area contributed by atoms with Crippen LogP contribution in [-0.4, -0.2) is 70.7 Å². The predicted octanol–water partition coefficient (Wildman–Crippen LogP) is 1.61. The van der Waals surface area contributed by atoms with Crippen LogP contribution >= 0.6 is 7.52 Å². The van der Waals surface area contributed by atoms with Gasteiger partial charge in [-0.2, -0.15) is 4.98 Å². The van der Waals surface area contributed by atoms with E-state index in [9.17, 15) is 9.36 Å². The van der Waals surface area contributed by atoms with Crippen molar-refractivity contribution in [1.29, 1.82) is 0 Å². The molecule has 0 spiro atoms. The van der Waals surface area contributed by atoms with Crippen LogP contribution in [0.5, 0.6) is 0 Å². The zero-order chi connectivity index (χ0) is 20.4. The summed E-state index contributed by atoms with van der Waals surface area (Å²) in [6.45, 7) is 9.31. The molecule has 2 rings (SSSR count). The maximum absolute atomic E-state index is 13.1. The fourth-order valence-electron chi connectivity index (χ4n) is 3.07. The molecule has 1 aliphatic heterocycles. The molecule has 1 saturated heterocycles. The summed E-state index contributed by atoms with van der Waals surface area (Å²) in [4.78, 5) is 18.2.